The van der Waals surface area contributed by atoms with E-state index in [1.54, 1.807) is 0 Å². The van der Waals surface area contributed by atoms with Gasteiger partial charge in [0.25, 0.3) is 0 Å². The Labute approximate surface area is 54.3 Å². The molecule has 52 valence electrons. The van der Waals surface area contributed by atoms with Gasteiger partial charge in [-0.25, -0.2) is 0 Å². The number of hydrogen-bond acceptors (Lipinski definition) is 0. The molecule has 0 heteroatoms. The molecule has 0 saturated heterocycles. The highest BCUT2D eigenvalue weighted by Crippen LogP contribution is 1.81. The minimum atomic E-state index is 0.833. The van der Waals surface area contributed by atoms with Gasteiger partial charge in [0.2, 0.25) is 0 Å². The van der Waals surface area contributed by atoms with E-state index in [1.165, 1.54) is 12.8 Å². The van der Waals surface area contributed by atoms with E-state index in [-0.39, 0.29) is 0 Å². The first-order valence-corrected chi connectivity index (χ1v) is 3.65. The van der Waals surface area contributed by atoms with Crippen LogP contribution in [0.15, 0.2) is 0 Å². The molecule has 0 radical (unpaired) electrons. The molecule has 0 amide bonds. The SMILES string of the molecule is CC(C)C.CCCC. The van der Waals surface area contributed by atoms with E-state index < -0.39 is 0 Å². The molecule has 0 heterocycles. The lowest BCUT2D eigenvalue weighted by Gasteiger charge is -1.79. The zero-order valence-electron chi connectivity index (χ0n) is 6.99. The summed E-state index contributed by atoms with van der Waals surface area (Å²) < 4.78 is 0. The van der Waals surface area contributed by atoms with Crippen molar-refractivity contribution in [2.45, 2.75) is 47.5 Å². The highest BCUT2D eigenvalue weighted by molar-refractivity contribution is 4.20. The molecule has 0 bridgehead atoms. The summed E-state index contributed by atoms with van der Waals surface area (Å²) in [7, 11) is 0. The van der Waals surface area contributed by atoms with Gasteiger partial charge < -0.3 is 0 Å². The standard InChI is InChI=1S/2C4H10/c1-4(2)3;1-3-4-2/h4H,1-3H3;3-4H2,1-2H3. The number of rotatable bonds is 1. The maximum atomic E-state index is 2.18. The van der Waals surface area contributed by atoms with Gasteiger partial charge in [0.05, 0.1) is 0 Å². The molecule has 0 fully saturated rings. The molecule has 0 aliphatic rings. The lowest BCUT2D eigenvalue weighted by atomic mass is 10.3. The molecule has 0 aromatic heterocycles. The number of hydrogen-bond donors (Lipinski definition) is 0. The van der Waals surface area contributed by atoms with Gasteiger partial charge >= 0.3 is 0 Å². The zero-order chi connectivity index (χ0) is 6.99. The van der Waals surface area contributed by atoms with Crippen LogP contribution in [-0.4, -0.2) is 0 Å². The Morgan fingerprint density at radius 2 is 1.00 bits per heavy atom. The highest BCUT2D eigenvalue weighted by Gasteiger charge is 1.68. The quantitative estimate of drug-likeness (QED) is 0.492. The molecule has 0 saturated carbocycles. The van der Waals surface area contributed by atoms with Gasteiger partial charge in [-0.2, -0.15) is 0 Å². The largest absolute Gasteiger partial charge is 0.0654 e. The van der Waals surface area contributed by atoms with Crippen molar-refractivity contribution in [3.05, 3.63) is 0 Å². The third kappa shape index (κ3) is 150. The molecular weight excluding hydrogens is 96.1 g/mol. The minimum Gasteiger partial charge on any atom is -0.0654 e. The van der Waals surface area contributed by atoms with Crippen molar-refractivity contribution < 1.29 is 0 Å². The predicted molar refractivity (Wildman–Crippen MR) is 41.1 cm³/mol. The molecule has 0 N–H and O–H groups in total. The Kier molecular flexibility index (Phi) is 13.7. The van der Waals surface area contributed by atoms with E-state index in [9.17, 15) is 0 Å². The van der Waals surface area contributed by atoms with Gasteiger partial charge in [-0.15, -0.1) is 0 Å². The van der Waals surface area contributed by atoms with Crippen molar-refractivity contribution in [1.82, 2.24) is 0 Å². The number of unbranched alkanes of at least 4 members (excludes halogenated alkanes) is 1. The normalized spacial score (nSPS) is 8.25. The van der Waals surface area contributed by atoms with Crippen LogP contribution >= 0.6 is 0 Å². The molecule has 0 spiro atoms. The fraction of sp³-hybridized carbons (Fsp3) is 1.00. The zero-order valence-corrected chi connectivity index (χ0v) is 6.99. The van der Waals surface area contributed by atoms with Crippen molar-refractivity contribution in [3.8, 4) is 0 Å². The van der Waals surface area contributed by atoms with Crippen molar-refractivity contribution in [3.63, 3.8) is 0 Å². The Hall–Kier alpha value is 0. The Bertz CT molecular complexity index is 16.5. The fourth-order valence-corrected chi connectivity index (χ4v) is 0. The van der Waals surface area contributed by atoms with E-state index in [0.29, 0.717) is 0 Å². The van der Waals surface area contributed by atoms with Crippen molar-refractivity contribution >= 4 is 0 Å². The van der Waals surface area contributed by atoms with Crippen LogP contribution in [0.4, 0.5) is 0 Å². The second-order valence-electron chi connectivity index (χ2n) is 2.73. The third-order valence-corrected chi connectivity index (χ3v) is 0.500. The van der Waals surface area contributed by atoms with E-state index in [2.05, 4.69) is 34.6 Å². The molecule has 0 aromatic rings. The van der Waals surface area contributed by atoms with Crippen LogP contribution in [0.5, 0.6) is 0 Å². The van der Waals surface area contributed by atoms with Gasteiger partial charge in [0.15, 0.2) is 0 Å². The summed E-state index contributed by atoms with van der Waals surface area (Å²) in [6.07, 6.45) is 2.64. The smallest absolute Gasteiger partial charge is 0.0500 e. The molecule has 8 heavy (non-hydrogen) atoms. The molecular formula is C8H20. The summed E-state index contributed by atoms with van der Waals surface area (Å²) in [4.78, 5) is 0. The van der Waals surface area contributed by atoms with Crippen LogP contribution in [-0.2, 0) is 0 Å². The van der Waals surface area contributed by atoms with Gasteiger partial charge in [0.1, 0.15) is 0 Å². The van der Waals surface area contributed by atoms with Crippen LogP contribution in [0.3, 0.4) is 0 Å². The molecule has 0 nitrogen and oxygen atoms in total. The van der Waals surface area contributed by atoms with Gasteiger partial charge in [-0.05, 0) is 5.92 Å². The maximum absolute atomic E-state index is 2.18. The first kappa shape index (κ1) is 10.9. The van der Waals surface area contributed by atoms with E-state index in [0.717, 1.165) is 5.92 Å². The van der Waals surface area contributed by atoms with E-state index in [1.807, 2.05) is 0 Å². The molecule has 0 aromatic carbocycles. The second-order valence-corrected chi connectivity index (χ2v) is 2.73. The highest BCUT2D eigenvalue weighted by atomic mass is 13.7. The van der Waals surface area contributed by atoms with E-state index in [4.69, 9.17) is 0 Å². The molecule has 0 unspecified atom stereocenters. The summed E-state index contributed by atoms with van der Waals surface area (Å²) in [5.41, 5.74) is 0. The van der Waals surface area contributed by atoms with Crippen LogP contribution < -0.4 is 0 Å². The lowest BCUT2D eigenvalue weighted by Crippen LogP contribution is -1.66. The lowest BCUT2D eigenvalue weighted by molar-refractivity contribution is 0.737. The van der Waals surface area contributed by atoms with Gasteiger partial charge in [0, 0.05) is 0 Å². The molecule has 0 aliphatic carbocycles. The third-order valence-electron chi connectivity index (χ3n) is 0.500. The first-order valence-electron chi connectivity index (χ1n) is 3.65. The topological polar surface area (TPSA) is 0 Å². The second kappa shape index (κ2) is 10.1. The van der Waals surface area contributed by atoms with Crippen LogP contribution in [0, 0.1) is 5.92 Å². The molecule has 0 rings (SSSR count). The van der Waals surface area contributed by atoms with Crippen LogP contribution in [0.25, 0.3) is 0 Å². The molecule has 0 aliphatic heterocycles. The maximum Gasteiger partial charge on any atom is -0.0500 e. The summed E-state index contributed by atoms with van der Waals surface area (Å²) in [5, 5.41) is 0. The Morgan fingerprint density at radius 1 is 0.875 bits per heavy atom. The van der Waals surface area contributed by atoms with Crippen LogP contribution in [0.2, 0.25) is 0 Å². The monoisotopic (exact) mass is 116 g/mol. The Morgan fingerprint density at radius 3 is 1.00 bits per heavy atom. The summed E-state index contributed by atoms with van der Waals surface area (Å²) in [6.45, 7) is 10.9. The predicted octanol–water partition coefficient (Wildman–Crippen LogP) is 3.47. The van der Waals surface area contributed by atoms with E-state index >= 15 is 0 Å². The molecule has 0 atom stereocenters. The minimum absolute atomic E-state index is 0.833. The fourth-order valence-electron chi connectivity index (χ4n) is 0. The average Bonchev–Trinajstić information content (AvgIpc) is 1.65. The van der Waals surface area contributed by atoms with Gasteiger partial charge in [-0.1, -0.05) is 47.5 Å². The van der Waals surface area contributed by atoms with Crippen molar-refractivity contribution in [2.24, 2.45) is 5.92 Å². The summed E-state index contributed by atoms with van der Waals surface area (Å²) >= 11 is 0. The summed E-state index contributed by atoms with van der Waals surface area (Å²) in [6, 6.07) is 0. The average molecular weight is 116 g/mol. The first-order chi connectivity index (χ1) is 3.65. The summed E-state index contributed by atoms with van der Waals surface area (Å²) in [5.74, 6) is 0.833. The van der Waals surface area contributed by atoms with Crippen molar-refractivity contribution in [2.75, 3.05) is 0 Å². The Balaban J connectivity index is 0. The van der Waals surface area contributed by atoms with Crippen molar-refractivity contribution in [1.29, 1.82) is 0 Å². The van der Waals surface area contributed by atoms with Gasteiger partial charge in [-0.3, -0.25) is 0 Å². The van der Waals surface area contributed by atoms with Crippen LogP contribution in [0.1, 0.15) is 47.5 Å².